The molecular formula is C44H56N10O4. The van der Waals surface area contributed by atoms with Crippen molar-refractivity contribution >= 4 is 29.9 Å². The first-order valence-electron chi connectivity index (χ1n) is 20.7. The number of likely N-dealkylation sites (tertiary alicyclic amines) is 2. The first kappa shape index (κ1) is 39.4. The van der Waals surface area contributed by atoms with Crippen LogP contribution in [-0.4, -0.2) is 96.6 Å². The number of rotatable bonds is 8. The van der Waals surface area contributed by atoms with Gasteiger partial charge in [0.1, 0.15) is 17.7 Å². The molecule has 2 unspecified atom stereocenters. The number of piperazine rings is 1. The fourth-order valence-electron chi connectivity index (χ4n) is 9.21. The van der Waals surface area contributed by atoms with Crippen LogP contribution in [0.25, 0.3) is 11.3 Å². The largest absolute Gasteiger partial charge is 0.484 e. The molecule has 0 saturated carbocycles. The summed E-state index contributed by atoms with van der Waals surface area (Å²) < 4.78 is 10.7. The smallest absolute Gasteiger partial charge is 0.320 e. The van der Waals surface area contributed by atoms with Gasteiger partial charge in [-0.25, -0.2) is 9.48 Å². The van der Waals surface area contributed by atoms with Crippen molar-refractivity contribution in [3.63, 3.8) is 0 Å². The molecule has 5 atom stereocenters. The Bertz CT molecular complexity index is 2240. The summed E-state index contributed by atoms with van der Waals surface area (Å²) in [4.78, 5) is 29.7. The van der Waals surface area contributed by atoms with Crippen molar-refractivity contribution < 1.29 is 19.4 Å². The number of anilines is 2. The summed E-state index contributed by atoms with van der Waals surface area (Å²) in [5.41, 5.74) is 5.88. The molecule has 4 aliphatic rings. The lowest BCUT2D eigenvalue weighted by molar-refractivity contribution is -0.122. The number of urea groups is 1. The standard InChI is InChI=1S/C43H54N10O2.CH2O2/c1-28-11-8-9-20-51(28)42-47-46-39-19-16-33(27-52(39)42)55-37-18-17-36(34-14-6-7-15-35(34)37)44-41(54)45-40-23-38(43(2,3)4)48-53(40)30-13-10-12-29(21-30)24-50-26-31-22-32(50)25-49(31)5;2-1-3/h6-7,10,12-16,19,21,23,27-28,31-32,36-37H,8-9,11,17-18,20,22,24-26H2,1-5H3,(H2,44,45,54);1H,(H,2,3)/t28?,31-,32?,36-,37+;/m0./s1. The Morgan fingerprint density at radius 3 is 2.52 bits per heavy atom. The molecule has 58 heavy (non-hydrogen) atoms. The van der Waals surface area contributed by atoms with Crippen molar-refractivity contribution in [2.45, 2.75) is 108 Å². The lowest BCUT2D eigenvalue weighted by atomic mass is 9.85. The highest BCUT2D eigenvalue weighted by molar-refractivity contribution is 5.89. The monoisotopic (exact) mass is 788 g/mol. The molecule has 306 valence electrons. The fourth-order valence-corrected chi connectivity index (χ4v) is 9.21. The molecule has 3 fully saturated rings. The lowest BCUT2D eigenvalue weighted by Gasteiger charge is -2.33. The topological polar surface area (TPSA) is 145 Å². The summed E-state index contributed by atoms with van der Waals surface area (Å²) in [6, 6.07) is 24.1. The van der Waals surface area contributed by atoms with Crippen LogP contribution in [-0.2, 0) is 16.8 Å². The van der Waals surface area contributed by atoms with Crippen LogP contribution in [0.4, 0.5) is 16.6 Å². The van der Waals surface area contributed by atoms with Crippen LogP contribution in [0.1, 0.15) is 101 Å². The second-order valence-electron chi connectivity index (χ2n) is 17.4. The van der Waals surface area contributed by atoms with E-state index in [-0.39, 0.29) is 30.1 Å². The molecule has 3 N–H and O–H groups in total. The van der Waals surface area contributed by atoms with Crippen LogP contribution in [0.3, 0.4) is 0 Å². The van der Waals surface area contributed by atoms with E-state index in [1.807, 2.05) is 41.2 Å². The Morgan fingerprint density at radius 1 is 0.966 bits per heavy atom. The SMILES string of the molecule is CC1CCCCN1c1nnc2ccc(O[C@@H]3CC[C@H](NC(=O)Nc4cc(C(C)(C)C)nn4-c4cccc(CN5C[C@@H]6CC5CN6C)c4)c4ccccc43)cn12.O=CO. The first-order chi connectivity index (χ1) is 28.0. The second kappa shape index (κ2) is 16.4. The quantitative estimate of drug-likeness (QED) is 0.141. The molecule has 3 aliphatic heterocycles. The third kappa shape index (κ3) is 8.12. The van der Waals surface area contributed by atoms with Crippen LogP contribution >= 0.6 is 0 Å². The number of hydrogen-bond acceptors (Lipinski definition) is 9. The molecule has 2 amide bonds. The van der Waals surface area contributed by atoms with Gasteiger partial charge in [-0.1, -0.05) is 57.2 Å². The van der Waals surface area contributed by atoms with Crippen LogP contribution in [0.5, 0.6) is 5.75 Å². The first-order valence-corrected chi connectivity index (χ1v) is 20.7. The number of carbonyl (C=O) groups is 2. The maximum atomic E-state index is 13.9. The van der Waals surface area contributed by atoms with Gasteiger partial charge in [0.15, 0.2) is 5.65 Å². The predicted octanol–water partition coefficient (Wildman–Crippen LogP) is 6.96. The van der Waals surface area contributed by atoms with Gasteiger partial charge in [0.25, 0.3) is 6.47 Å². The van der Waals surface area contributed by atoms with E-state index in [9.17, 15) is 4.79 Å². The van der Waals surface area contributed by atoms with E-state index in [0.717, 1.165) is 91.7 Å². The molecule has 5 aromatic rings. The number of likely N-dealkylation sites (N-methyl/N-ethyl adjacent to an activating group) is 1. The van der Waals surface area contributed by atoms with Crippen LogP contribution in [0.15, 0.2) is 72.9 Å². The second-order valence-corrected chi connectivity index (χ2v) is 17.4. The molecule has 3 aromatic heterocycles. The van der Waals surface area contributed by atoms with E-state index in [4.69, 9.17) is 19.7 Å². The van der Waals surface area contributed by atoms with Crippen molar-refractivity contribution in [2.24, 2.45) is 0 Å². The predicted molar refractivity (Wildman–Crippen MR) is 224 cm³/mol. The highest BCUT2D eigenvalue weighted by atomic mass is 16.5. The Kier molecular flexibility index (Phi) is 11.1. The summed E-state index contributed by atoms with van der Waals surface area (Å²) >= 11 is 0. The number of ether oxygens (including phenoxy) is 1. The summed E-state index contributed by atoms with van der Waals surface area (Å²) in [6.45, 7) is 12.6. The van der Waals surface area contributed by atoms with Crippen LogP contribution < -0.4 is 20.3 Å². The summed E-state index contributed by atoms with van der Waals surface area (Å²) in [7, 11) is 2.24. The minimum Gasteiger partial charge on any atom is -0.484 e. The summed E-state index contributed by atoms with van der Waals surface area (Å²) in [6.07, 6.45) is 8.19. The molecular weight excluding hydrogens is 733 g/mol. The average molecular weight is 789 g/mol. The number of pyridine rings is 1. The lowest BCUT2D eigenvalue weighted by Crippen LogP contribution is -2.43. The zero-order valence-electron chi connectivity index (χ0n) is 34.2. The van der Waals surface area contributed by atoms with E-state index in [1.54, 1.807) is 0 Å². The van der Waals surface area contributed by atoms with Gasteiger partial charge < -0.3 is 25.0 Å². The molecule has 0 radical (unpaired) electrons. The zero-order chi connectivity index (χ0) is 40.6. The van der Waals surface area contributed by atoms with Crippen molar-refractivity contribution in [1.29, 1.82) is 0 Å². The number of nitrogens with zero attached hydrogens (tertiary/aromatic N) is 8. The van der Waals surface area contributed by atoms with Gasteiger partial charge >= 0.3 is 6.03 Å². The van der Waals surface area contributed by atoms with Gasteiger partial charge in [-0.05, 0) is 93.5 Å². The Morgan fingerprint density at radius 2 is 1.78 bits per heavy atom. The van der Waals surface area contributed by atoms with Gasteiger partial charge in [-0.15, -0.1) is 10.2 Å². The molecule has 9 rings (SSSR count). The fraction of sp³-hybridized carbons (Fsp3) is 0.477. The molecule has 14 nitrogen and oxygen atoms in total. The maximum absolute atomic E-state index is 13.9. The molecule has 14 heteroatoms. The molecule has 2 aromatic carbocycles. The molecule has 0 spiro atoms. The minimum absolute atomic E-state index is 0.150. The van der Waals surface area contributed by atoms with E-state index in [1.165, 1.54) is 18.4 Å². The van der Waals surface area contributed by atoms with Gasteiger partial charge in [0.05, 0.1) is 23.6 Å². The molecule has 6 heterocycles. The maximum Gasteiger partial charge on any atom is 0.320 e. The number of nitrogens with one attached hydrogen (secondary N) is 2. The van der Waals surface area contributed by atoms with Gasteiger partial charge in [-0.2, -0.15) is 5.10 Å². The number of carbonyl (C=O) groups excluding carboxylic acids is 1. The number of benzene rings is 2. The van der Waals surface area contributed by atoms with E-state index < -0.39 is 0 Å². The van der Waals surface area contributed by atoms with Crippen LogP contribution in [0, 0.1) is 0 Å². The van der Waals surface area contributed by atoms with Crippen molar-refractivity contribution in [3.8, 4) is 11.4 Å². The number of hydrogen-bond donors (Lipinski definition) is 3. The van der Waals surface area contributed by atoms with Crippen molar-refractivity contribution in [3.05, 3.63) is 95.3 Å². The van der Waals surface area contributed by atoms with E-state index in [2.05, 4.69) is 111 Å². The number of amides is 2. The Hall–Kier alpha value is -5.47. The van der Waals surface area contributed by atoms with Crippen LogP contribution in [0.2, 0.25) is 0 Å². The number of carboxylic acid groups (broad SMARTS) is 1. The highest BCUT2D eigenvalue weighted by Crippen LogP contribution is 2.39. The number of fused-ring (bicyclic) bond motifs is 4. The van der Waals surface area contributed by atoms with Gasteiger partial charge in [-0.3, -0.25) is 19.4 Å². The third-order valence-electron chi connectivity index (χ3n) is 12.3. The Balaban J connectivity index is 0.00000152. The number of aromatic nitrogens is 5. The Labute approximate surface area is 340 Å². The van der Waals surface area contributed by atoms with Gasteiger partial charge in [0.2, 0.25) is 5.95 Å². The summed E-state index contributed by atoms with van der Waals surface area (Å²) in [5, 5.41) is 27.4. The third-order valence-corrected chi connectivity index (χ3v) is 12.3. The zero-order valence-corrected chi connectivity index (χ0v) is 34.2. The number of piperidine rings is 1. The molecule has 2 bridgehead atoms. The highest BCUT2D eigenvalue weighted by Gasteiger charge is 2.41. The van der Waals surface area contributed by atoms with Crippen molar-refractivity contribution in [2.75, 3.05) is 36.9 Å². The average Bonchev–Trinajstić information content (AvgIpc) is 4.00. The minimum atomic E-state index is -0.258. The van der Waals surface area contributed by atoms with E-state index in [0.29, 0.717) is 23.9 Å². The normalized spacial score (nSPS) is 23.3. The van der Waals surface area contributed by atoms with Crippen molar-refractivity contribution in [1.82, 2.24) is 39.5 Å². The molecule has 1 aliphatic carbocycles. The van der Waals surface area contributed by atoms with E-state index >= 15 is 0 Å². The summed E-state index contributed by atoms with van der Waals surface area (Å²) in [5.74, 6) is 2.29. The molecule has 3 saturated heterocycles. The van der Waals surface area contributed by atoms with Gasteiger partial charge in [0, 0.05) is 55.8 Å².